The van der Waals surface area contributed by atoms with E-state index in [4.69, 9.17) is 10.7 Å². The first-order valence-electron chi connectivity index (χ1n) is 10.7. The number of nitrogens with zero attached hydrogens (tertiary/aromatic N) is 4. The molecule has 1 aliphatic heterocycles. The van der Waals surface area contributed by atoms with E-state index in [-0.39, 0.29) is 18.6 Å². The second kappa shape index (κ2) is 10.5. The Kier molecular flexibility index (Phi) is 8.59. The Morgan fingerprint density at radius 3 is 2.43 bits per heavy atom. The molecule has 0 spiro atoms. The summed E-state index contributed by atoms with van der Waals surface area (Å²) in [6, 6.07) is 6.48. The van der Waals surface area contributed by atoms with Gasteiger partial charge in [-0.05, 0) is 31.2 Å². The maximum Gasteiger partial charge on any atom is 0.150 e. The van der Waals surface area contributed by atoms with Gasteiger partial charge >= 0.3 is 0 Å². The molecule has 1 radical (unpaired) electrons. The van der Waals surface area contributed by atoms with Crippen molar-refractivity contribution >= 4 is 33.4 Å². The van der Waals surface area contributed by atoms with Crippen LogP contribution in [0.15, 0.2) is 18.2 Å². The van der Waals surface area contributed by atoms with E-state index >= 15 is 0 Å². The third-order valence-electron chi connectivity index (χ3n) is 5.51. The van der Waals surface area contributed by atoms with Crippen molar-refractivity contribution in [2.75, 3.05) is 43.9 Å². The van der Waals surface area contributed by atoms with E-state index < -0.39 is 0 Å². The zero-order valence-corrected chi connectivity index (χ0v) is 20.6. The van der Waals surface area contributed by atoms with Gasteiger partial charge in [-0.15, -0.1) is 0 Å². The van der Waals surface area contributed by atoms with Crippen LogP contribution in [0.5, 0.6) is 0 Å². The summed E-state index contributed by atoms with van der Waals surface area (Å²) >= 11 is 0. The number of piperazine rings is 1. The standard InChI is InChI=1S/C21H29N6.C2H6.V/c1-13(2)11-14(3)21-24-18-16-6-5-15(27-9-7-26(4)8-10-27)12-17(16)23-20(22)19(18)25-21;1-2;/h5-6,12,14H,7-11H2,1-4H3,(H2,22,23)(H,24,25);1-2H3;/q-1;;. The first-order chi connectivity index (χ1) is 13.9. The van der Waals surface area contributed by atoms with E-state index in [0.29, 0.717) is 11.7 Å². The molecule has 1 aromatic carbocycles. The zero-order chi connectivity index (χ0) is 21.1. The van der Waals surface area contributed by atoms with Crippen LogP contribution in [0.1, 0.15) is 52.8 Å². The third kappa shape index (κ3) is 5.10. The summed E-state index contributed by atoms with van der Waals surface area (Å²) in [6.45, 7) is 14.8. The van der Waals surface area contributed by atoms with Gasteiger partial charge in [0.15, 0.2) is 0 Å². The molecule has 4 rings (SSSR count). The summed E-state index contributed by atoms with van der Waals surface area (Å²) in [5.74, 6) is 3.24. The number of nitrogen functional groups attached to an aromatic ring is 1. The van der Waals surface area contributed by atoms with Gasteiger partial charge < -0.3 is 26.4 Å². The van der Waals surface area contributed by atoms with Crippen LogP contribution in [0, 0.1) is 5.92 Å². The molecule has 1 aliphatic rings. The number of fused-ring (bicyclic) bond motifs is 3. The number of anilines is 2. The van der Waals surface area contributed by atoms with Gasteiger partial charge in [0.1, 0.15) is 22.7 Å². The molecular weight excluding hydrogens is 411 g/mol. The molecule has 3 heterocycles. The van der Waals surface area contributed by atoms with E-state index in [1.807, 2.05) is 13.8 Å². The largest absolute Gasteiger partial charge is 0.382 e. The topological polar surface area (TPSA) is 74.1 Å². The number of imidazole rings is 1. The molecule has 163 valence electrons. The molecule has 30 heavy (non-hydrogen) atoms. The fraction of sp³-hybridized carbons (Fsp3) is 0.522. The summed E-state index contributed by atoms with van der Waals surface area (Å²) in [7, 11) is 2.17. The van der Waals surface area contributed by atoms with Crippen LogP contribution in [0.3, 0.4) is 0 Å². The number of nitrogens with two attached hydrogens (primary N) is 1. The Bertz CT molecular complexity index is 959. The van der Waals surface area contributed by atoms with E-state index in [0.717, 1.165) is 60.4 Å². The average molecular weight is 447 g/mol. The summed E-state index contributed by atoms with van der Waals surface area (Å²) in [4.78, 5) is 17.8. The minimum atomic E-state index is 0. The number of aromatic nitrogens is 3. The third-order valence-corrected chi connectivity index (χ3v) is 5.51. The van der Waals surface area contributed by atoms with Crippen LogP contribution in [0.4, 0.5) is 11.5 Å². The number of hydrogen-bond acceptors (Lipinski definition) is 5. The van der Waals surface area contributed by atoms with E-state index in [9.17, 15) is 0 Å². The Balaban J connectivity index is 0.00000104. The van der Waals surface area contributed by atoms with Gasteiger partial charge in [-0.2, -0.15) is 20.3 Å². The first-order valence-corrected chi connectivity index (χ1v) is 10.7. The SMILES string of the molecule is CC.C[C-](C)CC(C)c1nc2c([nH]1)c(N)nc1cc(N3CCN(C)CC3)ccc12.[V]. The van der Waals surface area contributed by atoms with Crippen molar-refractivity contribution in [1.82, 2.24) is 19.9 Å². The number of likely N-dealkylation sites (N-methyl/N-ethyl adjacent to an activating group) is 1. The van der Waals surface area contributed by atoms with Gasteiger partial charge in [-0.3, -0.25) is 0 Å². The molecule has 3 N–H and O–H groups in total. The van der Waals surface area contributed by atoms with Gasteiger partial charge in [-0.25, -0.2) is 9.97 Å². The molecule has 0 aliphatic carbocycles. The maximum atomic E-state index is 6.28. The van der Waals surface area contributed by atoms with Gasteiger partial charge in [-0.1, -0.05) is 20.8 Å². The number of hydrogen-bond donors (Lipinski definition) is 2. The van der Waals surface area contributed by atoms with E-state index in [1.54, 1.807) is 0 Å². The summed E-state index contributed by atoms with van der Waals surface area (Å²) < 4.78 is 0. The van der Waals surface area contributed by atoms with Crippen molar-refractivity contribution in [2.24, 2.45) is 0 Å². The molecule has 3 aromatic rings. The number of pyridine rings is 1. The second-order valence-electron chi connectivity index (χ2n) is 8.15. The van der Waals surface area contributed by atoms with Crippen LogP contribution in [-0.4, -0.2) is 53.1 Å². The van der Waals surface area contributed by atoms with Crippen molar-refractivity contribution in [2.45, 2.75) is 47.0 Å². The Hall–Kier alpha value is -1.76. The van der Waals surface area contributed by atoms with Crippen LogP contribution in [0.2, 0.25) is 0 Å². The van der Waals surface area contributed by atoms with Crippen molar-refractivity contribution in [1.29, 1.82) is 0 Å². The minimum Gasteiger partial charge on any atom is -0.382 e. The van der Waals surface area contributed by atoms with Crippen LogP contribution >= 0.6 is 0 Å². The molecule has 6 nitrogen and oxygen atoms in total. The molecule has 1 unspecified atom stereocenters. The maximum absolute atomic E-state index is 6.28. The van der Waals surface area contributed by atoms with Gasteiger partial charge in [0.2, 0.25) is 0 Å². The molecule has 2 aromatic heterocycles. The van der Waals surface area contributed by atoms with Crippen molar-refractivity contribution in [3.8, 4) is 0 Å². The molecule has 1 saturated heterocycles. The van der Waals surface area contributed by atoms with E-state index in [1.165, 1.54) is 11.6 Å². The monoisotopic (exact) mass is 446 g/mol. The molecule has 0 amide bonds. The van der Waals surface area contributed by atoms with E-state index in [2.05, 4.69) is 65.8 Å². The molecule has 7 heteroatoms. The number of rotatable bonds is 4. The minimum absolute atomic E-state index is 0. The molecule has 1 atom stereocenters. The number of H-pyrrole nitrogens is 1. The molecule has 0 saturated carbocycles. The Labute approximate surface area is 192 Å². The smallest absolute Gasteiger partial charge is 0.150 e. The number of benzene rings is 1. The Morgan fingerprint density at radius 1 is 1.13 bits per heavy atom. The predicted molar refractivity (Wildman–Crippen MR) is 124 cm³/mol. The van der Waals surface area contributed by atoms with Crippen molar-refractivity contribution < 1.29 is 18.6 Å². The summed E-state index contributed by atoms with van der Waals surface area (Å²) in [5.41, 5.74) is 10.2. The summed E-state index contributed by atoms with van der Waals surface area (Å²) in [5, 5.41) is 1.06. The predicted octanol–water partition coefficient (Wildman–Crippen LogP) is 4.58. The molecule has 0 bridgehead atoms. The van der Waals surface area contributed by atoms with Crippen LogP contribution in [-0.2, 0) is 18.6 Å². The quantitative estimate of drug-likeness (QED) is 0.574. The van der Waals surface area contributed by atoms with Gasteiger partial charge in [0.05, 0.1) is 5.52 Å². The number of aromatic amines is 1. The normalized spacial score (nSPS) is 15.8. The van der Waals surface area contributed by atoms with Crippen LogP contribution < -0.4 is 10.6 Å². The van der Waals surface area contributed by atoms with Crippen LogP contribution in [0.25, 0.3) is 21.9 Å². The van der Waals surface area contributed by atoms with Gasteiger partial charge in [0, 0.05) is 55.8 Å². The Morgan fingerprint density at radius 2 is 1.80 bits per heavy atom. The van der Waals surface area contributed by atoms with Gasteiger partial charge in [0.25, 0.3) is 0 Å². The molecular formula is C23H35N6V-. The fourth-order valence-electron chi connectivity index (χ4n) is 3.97. The zero-order valence-electron chi connectivity index (χ0n) is 19.2. The second-order valence-corrected chi connectivity index (χ2v) is 8.15. The fourth-order valence-corrected chi connectivity index (χ4v) is 3.97. The average Bonchev–Trinajstić information content (AvgIpc) is 3.16. The summed E-state index contributed by atoms with van der Waals surface area (Å²) in [6.07, 6.45) is 1.01. The molecule has 1 fully saturated rings. The van der Waals surface area contributed by atoms with Crippen molar-refractivity contribution in [3.63, 3.8) is 0 Å². The van der Waals surface area contributed by atoms with Crippen molar-refractivity contribution in [3.05, 3.63) is 29.9 Å². The first kappa shape index (κ1) is 24.5. The number of nitrogens with one attached hydrogen (secondary N) is 1.